The smallest absolute Gasteiger partial charge is 0.0616 e. The van der Waals surface area contributed by atoms with E-state index in [1.165, 1.54) is 18.5 Å². The Labute approximate surface area is 116 Å². The lowest BCUT2D eigenvalue weighted by molar-refractivity contribution is 0.118. The zero-order valence-corrected chi connectivity index (χ0v) is 12.4. The van der Waals surface area contributed by atoms with E-state index in [2.05, 4.69) is 35.0 Å². The van der Waals surface area contributed by atoms with Gasteiger partial charge in [-0.25, -0.2) is 0 Å². The summed E-state index contributed by atoms with van der Waals surface area (Å²) in [6.07, 6.45) is 4.62. The lowest BCUT2D eigenvalue weighted by atomic mass is 9.85. The average Bonchev–Trinajstić information content (AvgIpc) is 2.91. The molecule has 1 heterocycles. The minimum absolute atomic E-state index is 0.0507. The second-order valence-corrected chi connectivity index (χ2v) is 5.87. The lowest BCUT2D eigenvalue weighted by Crippen LogP contribution is -2.51. The first kappa shape index (κ1) is 14.5. The third-order valence-electron chi connectivity index (χ3n) is 4.56. The fourth-order valence-corrected chi connectivity index (χ4v) is 3.59. The van der Waals surface area contributed by atoms with Gasteiger partial charge in [-0.2, -0.15) is 5.10 Å². The second-order valence-electron chi connectivity index (χ2n) is 5.87. The number of nitrogens with zero attached hydrogens (tertiary/aromatic N) is 2. The van der Waals surface area contributed by atoms with Crippen molar-refractivity contribution >= 4 is 0 Å². The van der Waals surface area contributed by atoms with E-state index in [1.54, 1.807) is 0 Å². The highest BCUT2D eigenvalue weighted by Gasteiger charge is 2.41. The lowest BCUT2D eigenvalue weighted by Gasteiger charge is -2.35. The molecular formula is C15H27N3O. The van der Waals surface area contributed by atoms with Crippen LogP contribution >= 0.6 is 0 Å². The Kier molecular flexibility index (Phi) is 4.63. The SMILES string of the molecule is CCNC1(CO)CCCC1CCn1nc(C)cc1C. The van der Waals surface area contributed by atoms with Gasteiger partial charge in [0.25, 0.3) is 0 Å². The maximum absolute atomic E-state index is 9.79. The number of aryl methyl sites for hydroxylation is 3. The maximum Gasteiger partial charge on any atom is 0.0616 e. The third kappa shape index (κ3) is 3.00. The van der Waals surface area contributed by atoms with Gasteiger partial charge in [0.2, 0.25) is 0 Å². The van der Waals surface area contributed by atoms with Gasteiger partial charge in [0.05, 0.1) is 12.3 Å². The number of likely N-dealkylation sites (N-methyl/N-ethyl adjacent to an activating group) is 1. The monoisotopic (exact) mass is 265 g/mol. The second kappa shape index (κ2) is 6.06. The third-order valence-corrected chi connectivity index (χ3v) is 4.56. The van der Waals surface area contributed by atoms with Gasteiger partial charge >= 0.3 is 0 Å². The van der Waals surface area contributed by atoms with E-state index in [4.69, 9.17) is 0 Å². The van der Waals surface area contributed by atoms with Crippen molar-refractivity contribution in [3.8, 4) is 0 Å². The van der Waals surface area contributed by atoms with E-state index in [9.17, 15) is 5.11 Å². The molecule has 4 nitrogen and oxygen atoms in total. The van der Waals surface area contributed by atoms with Crippen molar-refractivity contribution in [2.75, 3.05) is 13.2 Å². The van der Waals surface area contributed by atoms with Gasteiger partial charge in [0, 0.05) is 17.8 Å². The summed E-state index contributed by atoms with van der Waals surface area (Å²) in [6.45, 7) is 8.40. The van der Waals surface area contributed by atoms with Gasteiger partial charge in [0.15, 0.2) is 0 Å². The highest BCUT2D eigenvalue weighted by Crippen LogP contribution is 2.38. The van der Waals surface area contributed by atoms with Crippen LogP contribution < -0.4 is 5.32 Å². The summed E-state index contributed by atoms with van der Waals surface area (Å²) in [4.78, 5) is 0. The molecule has 0 saturated heterocycles. The topological polar surface area (TPSA) is 50.1 Å². The molecule has 0 amide bonds. The van der Waals surface area contributed by atoms with Gasteiger partial charge in [-0.1, -0.05) is 13.3 Å². The Morgan fingerprint density at radius 3 is 2.89 bits per heavy atom. The van der Waals surface area contributed by atoms with Crippen molar-refractivity contribution in [3.05, 3.63) is 17.5 Å². The molecule has 0 aliphatic heterocycles. The highest BCUT2D eigenvalue weighted by molar-refractivity contribution is 5.06. The molecule has 0 spiro atoms. The Morgan fingerprint density at radius 1 is 1.53 bits per heavy atom. The molecule has 2 atom stereocenters. The summed E-state index contributed by atoms with van der Waals surface area (Å²) in [7, 11) is 0. The predicted octanol–water partition coefficient (Wildman–Crippen LogP) is 2.03. The minimum Gasteiger partial charge on any atom is -0.394 e. The number of aliphatic hydroxyl groups excluding tert-OH is 1. The molecule has 2 rings (SSSR count). The maximum atomic E-state index is 9.79. The van der Waals surface area contributed by atoms with E-state index in [0.717, 1.165) is 31.6 Å². The van der Waals surface area contributed by atoms with Crippen LogP contribution in [0.5, 0.6) is 0 Å². The molecular weight excluding hydrogens is 238 g/mol. The molecule has 108 valence electrons. The molecule has 0 radical (unpaired) electrons. The number of hydrogen-bond donors (Lipinski definition) is 2. The average molecular weight is 265 g/mol. The summed E-state index contributed by atoms with van der Waals surface area (Å²) in [5.74, 6) is 0.557. The number of nitrogens with one attached hydrogen (secondary N) is 1. The molecule has 1 aromatic heterocycles. The van der Waals surface area contributed by atoms with Gasteiger partial charge < -0.3 is 10.4 Å². The first-order chi connectivity index (χ1) is 9.11. The molecule has 2 unspecified atom stereocenters. The zero-order valence-electron chi connectivity index (χ0n) is 12.4. The van der Waals surface area contributed by atoms with E-state index >= 15 is 0 Å². The number of rotatable bonds is 6. The Balaban J connectivity index is 2.00. The van der Waals surface area contributed by atoms with Crippen LogP contribution in [0.4, 0.5) is 0 Å². The molecule has 1 aromatic rings. The summed E-state index contributed by atoms with van der Waals surface area (Å²) in [5, 5.41) is 17.8. The Bertz CT molecular complexity index is 416. The van der Waals surface area contributed by atoms with Gasteiger partial charge in [-0.05, 0) is 51.6 Å². The molecule has 2 N–H and O–H groups in total. The van der Waals surface area contributed by atoms with Crippen LogP contribution in [-0.2, 0) is 6.54 Å². The fraction of sp³-hybridized carbons (Fsp3) is 0.800. The molecule has 19 heavy (non-hydrogen) atoms. The van der Waals surface area contributed by atoms with Gasteiger partial charge in [-0.15, -0.1) is 0 Å². The van der Waals surface area contributed by atoms with Crippen molar-refractivity contribution in [2.24, 2.45) is 5.92 Å². The highest BCUT2D eigenvalue weighted by atomic mass is 16.3. The first-order valence-electron chi connectivity index (χ1n) is 7.48. The molecule has 1 saturated carbocycles. The summed E-state index contributed by atoms with van der Waals surface area (Å²) in [6, 6.07) is 2.12. The van der Waals surface area contributed by atoms with Crippen molar-refractivity contribution in [3.63, 3.8) is 0 Å². The molecule has 1 aliphatic carbocycles. The summed E-state index contributed by atoms with van der Waals surface area (Å²) < 4.78 is 2.10. The molecule has 1 fully saturated rings. The molecule has 0 aromatic carbocycles. The zero-order chi connectivity index (χ0) is 13.9. The van der Waals surface area contributed by atoms with Gasteiger partial charge in [0.1, 0.15) is 0 Å². The van der Waals surface area contributed by atoms with Crippen LogP contribution in [0, 0.1) is 19.8 Å². The normalized spacial score (nSPS) is 27.1. The molecule has 1 aliphatic rings. The van der Waals surface area contributed by atoms with Crippen molar-refractivity contribution in [1.82, 2.24) is 15.1 Å². The molecule has 0 bridgehead atoms. The van der Waals surface area contributed by atoms with Crippen molar-refractivity contribution in [1.29, 1.82) is 0 Å². The number of hydrogen-bond acceptors (Lipinski definition) is 3. The summed E-state index contributed by atoms with van der Waals surface area (Å²) in [5.41, 5.74) is 2.27. The Hall–Kier alpha value is -0.870. The largest absolute Gasteiger partial charge is 0.394 e. The Morgan fingerprint density at radius 2 is 2.32 bits per heavy atom. The quantitative estimate of drug-likeness (QED) is 0.827. The van der Waals surface area contributed by atoms with Crippen LogP contribution in [0.3, 0.4) is 0 Å². The van der Waals surface area contributed by atoms with E-state index in [1.807, 2.05) is 6.92 Å². The van der Waals surface area contributed by atoms with Crippen LogP contribution in [-0.4, -0.2) is 33.6 Å². The van der Waals surface area contributed by atoms with Crippen LogP contribution in [0.2, 0.25) is 0 Å². The van der Waals surface area contributed by atoms with Crippen molar-refractivity contribution < 1.29 is 5.11 Å². The number of aromatic nitrogens is 2. The summed E-state index contributed by atoms with van der Waals surface area (Å²) >= 11 is 0. The molecule has 4 heteroatoms. The minimum atomic E-state index is -0.0507. The number of aliphatic hydroxyl groups is 1. The van der Waals surface area contributed by atoms with E-state index in [-0.39, 0.29) is 12.1 Å². The van der Waals surface area contributed by atoms with E-state index < -0.39 is 0 Å². The predicted molar refractivity (Wildman–Crippen MR) is 77.2 cm³/mol. The standard InChI is InChI=1S/C15H27N3O/c1-4-16-15(11-19)8-5-6-14(15)7-9-18-13(3)10-12(2)17-18/h10,14,16,19H,4-9,11H2,1-3H3. The van der Waals surface area contributed by atoms with E-state index in [0.29, 0.717) is 5.92 Å². The van der Waals surface area contributed by atoms with Crippen molar-refractivity contribution in [2.45, 2.75) is 58.5 Å². The van der Waals surface area contributed by atoms with Gasteiger partial charge in [-0.3, -0.25) is 4.68 Å². The van der Waals surface area contributed by atoms with Crippen LogP contribution in [0.1, 0.15) is 44.0 Å². The first-order valence-corrected chi connectivity index (χ1v) is 7.48. The van der Waals surface area contributed by atoms with Crippen LogP contribution in [0.15, 0.2) is 6.07 Å². The fourth-order valence-electron chi connectivity index (χ4n) is 3.59. The van der Waals surface area contributed by atoms with Crippen LogP contribution in [0.25, 0.3) is 0 Å².